The van der Waals surface area contributed by atoms with Crippen LogP contribution < -0.4 is 0 Å². The Kier molecular flexibility index (Phi) is 3.18. The Balaban J connectivity index is 2.21. The first-order valence-corrected chi connectivity index (χ1v) is 5.06. The number of nitrogens with zero attached hydrogens (tertiary/aromatic N) is 2. The second kappa shape index (κ2) is 4.78. The van der Waals surface area contributed by atoms with Crippen LogP contribution in [-0.4, -0.2) is 22.9 Å². The molecule has 5 heteroatoms. The number of aromatic nitrogens is 2. The Labute approximate surface area is 97.6 Å². The van der Waals surface area contributed by atoms with E-state index in [4.69, 9.17) is 0 Å². The summed E-state index contributed by atoms with van der Waals surface area (Å²) in [4.78, 5) is 11.0. The van der Waals surface area contributed by atoms with Gasteiger partial charge in [-0.25, -0.2) is 9.07 Å². The molecule has 1 heterocycles. The molecule has 0 spiro atoms. The van der Waals surface area contributed by atoms with Crippen LogP contribution in [0.15, 0.2) is 36.5 Å². The van der Waals surface area contributed by atoms with E-state index in [0.29, 0.717) is 11.4 Å². The van der Waals surface area contributed by atoms with Gasteiger partial charge in [0.15, 0.2) is 0 Å². The smallest absolute Gasteiger partial charge is 0.311 e. The highest BCUT2D eigenvalue weighted by Gasteiger charge is 2.07. The molecule has 1 aromatic carbocycles. The van der Waals surface area contributed by atoms with Gasteiger partial charge in [0.1, 0.15) is 5.82 Å². The maximum absolute atomic E-state index is 13.0. The highest BCUT2D eigenvalue weighted by molar-refractivity contribution is 5.71. The van der Waals surface area contributed by atoms with Crippen LogP contribution in [0.4, 0.5) is 4.39 Å². The predicted molar refractivity (Wildman–Crippen MR) is 59.2 cm³/mol. The van der Waals surface area contributed by atoms with Crippen LogP contribution in [0.25, 0.3) is 5.69 Å². The second-order valence-electron chi connectivity index (χ2n) is 3.48. The minimum absolute atomic E-state index is 0.110. The van der Waals surface area contributed by atoms with Crippen molar-refractivity contribution < 1.29 is 13.9 Å². The lowest BCUT2D eigenvalue weighted by molar-refractivity contribution is -0.139. The van der Waals surface area contributed by atoms with Crippen LogP contribution in [0.1, 0.15) is 5.69 Å². The molecule has 0 amide bonds. The lowest BCUT2D eigenvalue weighted by Crippen LogP contribution is -2.05. The molecule has 0 aliphatic heterocycles. The van der Waals surface area contributed by atoms with E-state index in [2.05, 4.69) is 9.84 Å². The number of ether oxygens (including phenoxy) is 1. The van der Waals surface area contributed by atoms with Gasteiger partial charge < -0.3 is 4.74 Å². The molecule has 0 atom stereocenters. The molecule has 0 fully saturated rings. The summed E-state index contributed by atoms with van der Waals surface area (Å²) in [5.74, 6) is -0.679. The molecular weight excluding hydrogens is 223 g/mol. The molecule has 2 rings (SSSR count). The first-order chi connectivity index (χ1) is 8.19. The number of esters is 1. The zero-order valence-corrected chi connectivity index (χ0v) is 9.26. The average molecular weight is 234 g/mol. The average Bonchev–Trinajstić information content (AvgIpc) is 2.77. The van der Waals surface area contributed by atoms with E-state index in [1.807, 2.05) is 0 Å². The fourth-order valence-electron chi connectivity index (χ4n) is 1.44. The summed E-state index contributed by atoms with van der Waals surface area (Å²) in [5, 5.41) is 4.16. The van der Waals surface area contributed by atoms with Gasteiger partial charge in [0, 0.05) is 6.20 Å². The predicted octanol–water partition coefficient (Wildman–Crippen LogP) is 1.73. The molecule has 0 radical (unpaired) electrons. The largest absolute Gasteiger partial charge is 0.469 e. The third-order valence-electron chi connectivity index (χ3n) is 2.27. The molecule has 0 bridgehead atoms. The van der Waals surface area contributed by atoms with Crippen molar-refractivity contribution >= 4 is 5.97 Å². The molecular formula is C12H11FN2O2. The van der Waals surface area contributed by atoms with Crippen LogP contribution in [0.3, 0.4) is 0 Å². The van der Waals surface area contributed by atoms with Crippen LogP contribution in [-0.2, 0) is 16.0 Å². The molecule has 0 aliphatic carbocycles. The highest BCUT2D eigenvalue weighted by atomic mass is 19.1. The minimum Gasteiger partial charge on any atom is -0.469 e. The van der Waals surface area contributed by atoms with Gasteiger partial charge >= 0.3 is 5.97 Å². The maximum Gasteiger partial charge on any atom is 0.311 e. The Morgan fingerprint density at radius 3 is 3.00 bits per heavy atom. The third kappa shape index (κ3) is 2.69. The van der Waals surface area contributed by atoms with Crippen molar-refractivity contribution in [2.45, 2.75) is 6.42 Å². The monoisotopic (exact) mass is 234 g/mol. The quantitative estimate of drug-likeness (QED) is 0.759. The molecule has 0 saturated heterocycles. The van der Waals surface area contributed by atoms with Gasteiger partial charge in [0.05, 0.1) is 24.9 Å². The Hall–Kier alpha value is -2.17. The maximum atomic E-state index is 13.0. The number of hydrogen-bond acceptors (Lipinski definition) is 3. The van der Waals surface area contributed by atoms with E-state index in [-0.39, 0.29) is 18.2 Å². The number of benzene rings is 1. The summed E-state index contributed by atoms with van der Waals surface area (Å²) >= 11 is 0. The number of rotatable bonds is 3. The molecule has 0 saturated carbocycles. The summed E-state index contributed by atoms with van der Waals surface area (Å²) in [7, 11) is 1.33. The van der Waals surface area contributed by atoms with Crippen molar-refractivity contribution in [2.24, 2.45) is 0 Å². The summed E-state index contributed by atoms with van der Waals surface area (Å²) in [6.45, 7) is 0. The van der Waals surface area contributed by atoms with Crippen LogP contribution in [0.2, 0.25) is 0 Å². The molecule has 0 N–H and O–H groups in total. The summed E-state index contributed by atoms with van der Waals surface area (Å²) in [6.07, 6.45) is 1.78. The number of hydrogen-bond donors (Lipinski definition) is 0. The lowest BCUT2D eigenvalue weighted by atomic mass is 10.3. The van der Waals surface area contributed by atoms with Crippen LogP contribution in [0, 0.1) is 5.82 Å². The first kappa shape index (κ1) is 11.3. The van der Waals surface area contributed by atoms with E-state index in [1.165, 1.54) is 23.9 Å². The van der Waals surface area contributed by atoms with Crippen molar-refractivity contribution in [3.8, 4) is 5.69 Å². The fourth-order valence-corrected chi connectivity index (χ4v) is 1.44. The molecule has 1 aromatic heterocycles. The van der Waals surface area contributed by atoms with E-state index in [0.717, 1.165) is 0 Å². The topological polar surface area (TPSA) is 44.1 Å². The van der Waals surface area contributed by atoms with Crippen LogP contribution in [0.5, 0.6) is 0 Å². The summed E-state index contributed by atoms with van der Waals surface area (Å²) < 4.78 is 19.1. The van der Waals surface area contributed by atoms with Crippen molar-refractivity contribution in [3.05, 3.63) is 48.0 Å². The van der Waals surface area contributed by atoms with E-state index >= 15 is 0 Å². The molecule has 0 unspecified atom stereocenters. The standard InChI is InChI=1S/C12H11FN2O2/c1-17-12(16)8-10-5-6-15(14-10)11-4-2-3-9(13)7-11/h2-7H,8H2,1H3. The van der Waals surface area contributed by atoms with Crippen molar-refractivity contribution in [1.29, 1.82) is 0 Å². The molecule has 2 aromatic rings. The van der Waals surface area contributed by atoms with Gasteiger partial charge in [0.2, 0.25) is 0 Å². The van der Waals surface area contributed by atoms with Crippen molar-refractivity contribution in [2.75, 3.05) is 7.11 Å². The molecule has 17 heavy (non-hydrogen) atoms. The Morgan fingerprint density at radius 2 is 2.29 bits per heavy atom. The Morgan fingerprint density at radius 1 is 1.47 bits per heavy atom. The van der Waals surface area contributed by atoms with E-state index in [9.17, 15) is 9.18 Å². The van der Waals surface area contributed by atoms with Gasteiger partial charge in [-0.05, 0) is 24.3 Å². The SMILES string of the molecule is COC(=O)Cc1ccn(-c2cccc(F)c2)n1. The molecule has 0 aliphatic rings. The van der Waals surface area contributed by atoms with Gasteiger partial charge in [0.25, 0.3) is 0 Å². The summed E-state index contributed by atoms with van der Waals surface area (Å²) in [6, 6.07) is 7.77. The number of halogens is 1. The van der Waals surface area contributed by atoms with Gasteiger partial charge in [-0.1, -0.05) is 6.07 Å². The van der Waals surface area contributed by atoms with Crippen molar-refractivity contribution in [1.82, 2.24) is 9.78 Å². The van der Waals surface area contributed by atoms with E-state index in [1.54, 1.807) is 24.4 Å². The van der Waals surface area contributed by atoms with Crippen molar-refractivity contribution in [3.63, 3.8) is 0 Å². The van der Waals surface area contributed by atoms with Gasteiger partial charge in [-0.3, -0.25) is 4.79 Å². The molecule has 88 valence electrons. The van der Waals surface area contributed by atoms with Gasteiger partial charge in [-0.15, -0.1) is 0 Å². The second-order valence-corrected chi connectivity index (χ2v) is 3.48. The van der Waals surface area contributed by atoms with Gasteiger partial charge in [-0.2, -0.15) is 5.10 Å². The zero-order valence-electron chi connectivity index (χ0n) is 9.26. The normalized spacial score (nSPS) is 10.2. The third-order valence-corrected chi connectivity index (χ3v) is 2.27. The number of methoxy groups -OCH3 is 1. The summed E-state index contributed by atoms with van der Waals surface area (Å²) in [5.41, 5.74) is 1.20. The lowest BCUT2D eigenvalue weighted by Gasteiger charge is -2.00. The first-order valence-electron chi connectivity index (χ1n) is 5.06. The Bertz CT molecular complexity index is 537. The molecule has 4 nitrogen and oxygen atoms in total. The van der Waals surface area contributed by atoms with Crippen LogP contribution >= 0.6 is 0 Å². The number of carbonyl (C=O) groups excluding carboxylic acids is 1. The minimum atomic E-state index is -0.352. The zero-order chi connectivity index (χ0) is 12.3. The highest BCUT2D eigenvalue weighted by Crippen LogP contribution is 2.09. The van der Waals surface area contributed by atoms with E-state index < -0.39 is 0 Å². The number of carbonyl (C=O) groups is 1. The fraction of sp³-hybridized carbons (Fsp3) is 0.167.